The maximum atomic E-state index is 11.1. The summed E-state index contributed by atoms with van der Waals surface area (Å²) in [4.78, 5) is 15.3. The van der Waals surface area contributed by atoms with E-state index in [1.807, 2.05) is 36.4 Å². The van der Waals surface area contributed by atoms with Crippen molar-refractivity contribution in [3.63, 3.8) is 0 Å². The second-order valence-corrected chi connectivity index (χ2v) is 4.02. The minimum absolute atomic E-state index is 0.0337. The summed E-state index contributed by atoms with van der Waals surface area (Å²) in [5.41, 5.74) is 7.04. The van der Waals surface area contributed by atoms with E-state index in [1.54, 1.807) is 12.3 Å². The van der Waals surface area contributed by atoms with Crippen LogP contribution in [0.3, 0.4) is 0 Å². The number of anilines is 2. The monoisotopic (exact) mass is 256 g/mol. The van der Waals surface area contributed by atoms with Gasteiger partial charge in [0, 0.05) is 6.54 Å². The first-order valence-corrected chi connectivity index (χ1v) is 6.01. The third-order valence-electron chi connectivity index (χ3n) is 2.55. The third kappa shape index (κ3) is 4.08. The Balaban J connectivity index is 1.90. The summed E-state index contributed by atoms with van der Waals surface area (Å²) < 4.78 is 0. The molecule has 19 heavy (non-hydrogen) atoms. The van der Waals surface area contributed by atoms with Crippen LogP contribution in [0.15, 0.2) is 48.7 Å². The summed E-state index contributed by atoms with van der Waals surface area (Å²) in [7, 11) is 0. The third-order valence-corrected chi connectivity index (χ3v) is 2.55. The molecule has 5 nitrogen and oxygen atoms in total. The molecular formula is C14H16N4O. The number of hydrogen-bond donors (Lipinski definition) is 3. The van der Waals surface area contributed by atoms with Gasteiger partial charge in [0.15, 0.2) is 0 Å². The highest BCUT2D eigenvalue weighted by atomic mass is 16.1. The van der Waals surface area contributed by atoms with Crippen molar-refractivity contribution in [1.29, 1.82) is 0 Å². The van der Waals surface area contributed by atoms with Gasteiger partial charge in [0.05, 0.1) is 18.4 Å². The van der Waals surface area contributed by atoms with Gasteiger partial charge in [-0.05, 0) is 17.7 Å². The quantitative estimate of drug-likeness (QED) is 0.759. The largest absolute Gasteiger partial charge is 0.366 e. The molecular weight excluding hydrogens is 240 g/mol. The molecule has 1 aromatic heterocycles. The van der Waals surface area contributed by atoms with E-state index in [4.69, 9.17) is 5.73 Å². The molecule has 2 rings (SSSR count). The van der Waals surface area contributed by atoms with E-state index in [2.05, 4.69) is 15.6 Å². The molecule has 0 radical (unpaired) electrons. The lowest BCUT2D eigenvalue weighted by molar-refractivity contribution is -0.114. The number of carbonyl (C=O) groups excluding carboxylic acids is 1. The van der Waals surface area contributed by atoms with Crippen molar-refractivity contribution in [3.8, 4) is 0 Å². The van der Waals surface area contributed by atoms with Crippen molar-refractivity contribution < 1.29 is 4.79 Å². The zero-order chi connectivity index (χ0) is 13.5. The molecule has 2 aromatic rings. The Bertz CT molecular complexity index is 525. The van der Waals surface area contributed by atoms with E-state index in [0.29, 0.717) is 12.2 Å². The fourth-order valence-electron chi connectivity index (χ4n) is 1.57. The van der Waals surface area contributed by atoms with E-state index >= 15 is 0 Å². The van der Waals surface area contributed by atoms with Gasteiger partial charge in [-0.25, -0.2) is 4.98 Å². The standard InChI is InChI=1S/C14H16N4O/c15-8-14(19)18-12-6-7-13(17-10-12)16-9-11-4-2-1-3-5-11/h1-7,10H,8-9,15H2,(H,16,17)(H,18,19). The van der Waals surface area contributed by atoms with Crippen LogP contribution in [0.1, 0.15) is 5.56 Å². The van der Waals surface area contributed by atoms with Crippen molar-refractivity contribution in [2.45, 2.75) is 6.54 Å². The molecule has 1 heterocycles. The molecule has 0 atom stereocenters. The van der Waals surface area contributed by atoms with Crippen LogP contribution in [0.25, 0.3) is 0 Å². The van der Waals surface area contributed by atoms with Gasteiger partial charge in [-0.15, -0.1) is 0 Å². The van der Waals surface area contributed by atoms with Crippen LogP contribution in [0, 0.1) is 0 Å². The maximum absolute atomic E-state index is 11.1. The minimum Gasteiger partial charge on any atom is -0.366 e. The average Bonchev–Trinajstić information content (AvgIpc) is 2.47. The van der Waals surface area contributed by atoms with Crippen molar-refractivity contribution in [2.24, 2.45) is 5.73 Å². The molecule has 0 aliphatic rings. The van der Waals surface area contributed by atoms with Crippen LogP contribution < -0.4 is 16.4 Å². The van der Waals surface area contributed by atoms with Crippen molar-refractivity contribution >= 4 is 17.4 Å². The summed E-state index contributed by atoms with van der Waals surface area (Å²) in [5, 5.41) is 5.85. The fourth-order valence-corrected chi connectivity index (χ4v) is 1.57. The van der Waals surface area contributed by atoms with E-state index < -0.39 is 0 Å². The smallest absolute Gasteiger partial charge is 0.238 e. The zero-order valence-electron chi connectivity index (χ0n) is 10.5. The summed E-state index contributed by atoms with van der Waals surface area (Å²) in [6.07, 6.45) is 1.60. The Kier molecular flexibility index (Phi) is 4.47. The second kappa shape index (κ2) is 6.51. The van der Waals surface area contributed by atoms with Crippen molar-refractivity contribution in [2.75, 3.05) is 17.2 Å². The predicted octanol–water partition coefficient (Wildman–Crippen LogP) is 1.59. The number of aromatic nitrogens is 1. The number of pyridine rings is 1. The van der Waals surface area contributed by atoms with Crippen molar-refractivity contribution in [3.05, 3.63) is 54.2 Å². The molecule has 5 heteroatoms. The molecule has 1 amide bonds. The number of hydrogen-bond acceptors (Lipinski definition) is 4. The molecule has 0 aliphatic heterocycles. The van der Waals surface area contributed by atoms with E-state index in [0.717, 1.165) is 5.82 Å². The first-order chi connectivity index (χ1) is 9.28. The fraction of sp³-hybridized carbons (Fsp3) is 0.143. The van der Waals surface area contributed by atoms with Crippen LogP contribution in [0.4, 0.5) is 11.5 Å². The van der Waals surface area contributed by atoms with Gasteiger partial charge in [0.1, 0.15) is 5.82 Å². The summed E-state index contributed by atoms with van der Waals surface area (Å²) in [5.74, 6) is 0.529. The number of carbonyl (C=O) groups is 1. The Morgan fingerprint density at radius 2 is 1.95 bits per heavy atom. The highest BCUT2D eigenvalue weighted by Crippen LogP contribution is 2.10. The number of amides is 1. The van der Waals surface area contributed by atoms with E-state index in [-0.39, 0.29) is 12.5 Å². The molecule has 0 spiro atoms. The van der Waals surface area contributed by atoms with E-state index in [1.165, 1.54) is 5.56 Å². The molecule has 0 saturated carbocycles. The van der Waals surface area contributed by atoms with Gasteiger partial charge in [-0.3, -0.25) is 4.79 Å². The zero-order valence-corrected chi connectivity index (χ0v) is 10.5. The van der Waals surface area contributed by atoms with E-state index in [9.17, 15) is 4.79 Å². The van der Waals surface area contributed by atoms with Crippen LogP contribution in [0.5, 0.6) is 0 Å². The van der Waals surface area contributed by atoms with Crippen LogP contribution >= 0.6 is 0 Å². The highest BCUT2D eigenvalue weighted by molar-refractivity contribution is 5.91. The minimum atomic E-state index is -0.230. The summed E-state index contributed by atoms with van der Waals surface area (Å²) in [6, 6.07) is 13.7. The SMILES string of the molecule is NCC(=O)Nc1ccc(NCc2ccccc2)nc1. The number of nitrogens with zero attached hydrogens (tertiary/aromatic N) is 1. The Morgan fingerprint density at radius 3 is 2.58 bits per heavy atom. The Morgan fingerprint density at radius 1 is 1.16 bits per heavy atom. The molecule has 98 valence electrons. The Hall–Kier alpha value is -2.40. The molecule has 0 unspecified atom stereocenters. The number of benzene rings is 1. The van der Waals surface area contributed by atoms with Gasteiger partial charge in [0.2, 0.25) is 5.91 Å². The Labute approximate surface area is 111 Å². The summed E-state index contributed by atoms with van der Waals surface area (Å²) in [6.45, 7) is 0.677. The van der Waals surface area contributed by atoms with Gasteiger partial charge in [-0.1, -0.05) is 30.3 Å². The van der Waals surface area contributed by atoms with Gasteiger partial charge in [-0.2, -0.15) is 0 Å². The van der Waals surface area contributed by atoms with Crippen LogP contribution in [0.2, 0.25) is 0 Å². The van der Waals surface area contributed by atoms with Gasteiger partial charge < -0.3 is 16.4 Å². The molecule has 0 saturated heterocycles. The first-order valence-electron chi connectivity index (χ1n) is 6.01. The van der Waals surface area contributed by atoms with Crippen molar-refractivity contribution in [1.82, 2.24) is 4.98 Å². The average molecular weight is 256 g/mol. The summed E-state index contributed by atoms with van der Waals surface area (Å²) >= 11 is 0. The molecule has 0 fully saturated rings. The highest BCUT2D eigenvalue weighted by Gasteiger charge is 2.00. The van der Waals surface area contributed by atoms with Crippen LogP contribution in [-0.2, 0) is 11.3 Å². The predicted molar refractivity (Wildman–Crippen MR) is 75.7 cm³/mol. The second-order valence-electron chi connectivity index (χ2n) is 4.02. The number of rotatable bonds is 5. The van der Waals surface area contributed by atoms with Crippen LogP contribution in [-0.4, -0.2) is 17.4 Å². The molecule has 4 N–H and O–H groups in total. The molecule has 1 aromatic carbocycles. The number of nitrogens with two attached hydrogens (primary N) is 1. The van der Waals surface area contributed by atoms with Gasteiger partial charge >= 0.3 is 0 Å². The lowest BCUT2D eigenvalue weighted by Crippen LogP contribution is -2.21. The van der Waals surface area contributed by atoms with Gasteiger partial charge in [0.25, 0.3) is 0 Å². The first kappa shape index (κ1) is 13.0. The lowest BCUT2D eigenvalue weighted by Gasteiger charge is -2.07. The normalized spacial score (nSPS) is 9.95. The topological polar surface area (TPSA) is 80.0 Å². The molecule has 0 aliphatic carbocycles. The maximum Gasteiger partial charge on any atom is 0.238 e. The number of nitrogens with one attached hydrogen (secondary N) is 2. The lowest BCUT2D eigenvalue weighted by atomic mass is 10.2. The molecule has 0 bridgehead atoms.